The highest BCUT2D eigenvalue weighted by Gasteiger charge is 2.06. The molecule has 0 aliphatic heterocycles. The molecule has 0 aliphatic carbocycles. The number of rotatable bonds is 9. The van der Waals surface area contributed by atoms with Gasteiger partial charge in [0.2, 0.25) is 0 Å². The molecule has 1 aromatic rings. The van der Waals surface area contributed by atoms with Crippen LogP contribution in [0.2, 0.25) is 0 Å². The lowest BCUT2D eigenvalue weighted by Gasteiger charge is -2.15. The van der Waals surface area contributed by atoms with Gasteiger partial charge in [0, 0.05) is 39.3 Å². The fourth-order valence-corrected chi connectivity index (χ4v) is 1.86. The van der Waals surface area contributed by atoms with Gasteiger partial charge in [-0.2, -0.15) is 5.10 Å². The van der Waals surface area contributed by atoms with E-state index < -0.39 is 0 Å². The van der Waals surface area contributed by atoms with Crippen molar-refractivity contribution in [2.75, 3.05) is 26.8 Å². The smallest absolute Gasteiger partial charge is 0.0597 e. The molecular weight excluding hydrogens is 228 g/mol. The summed E-state index contributed by atoms with van der Waals surface area (Å²) in [4.78, 5) is 0. The Balaban J connectivity index is 2.26. The molecule has 5 heteroatoms. The van der Waals surface area contributed by atoms with Crippen molar-refractivity contribution in [3.63, 3.8) is 0 Å². The number of methoxy groups -OCH3 is 1. The van der Waals surface area contributed by atoms with Crippen LogP contribution >= 0.6 is 0 Å². The van der Waals surface area contributed by atoms with Crippen molar-refractivity contribution in [2.45, 2.75) is 39.9 Å². The maximum Gasteiger partial charge on any atom is 0.0597 e. The average Bonchev–Trinajstić information content (AvgIpc) is 2.72. The van der Waals surface area contributed by atoms with E-state index in [9.17, 15) is 0 Å². The highest BCUT2D eigenvalue weighted by Crippen LogP contribution is 2.03. The van der Waals surface area contributed by atoms with Crippen molar-refractivity contribution in [1.29, 1.82) is 0 Å². The van der Waals surface area contributed by atoms with E-state index in [4.69, 9.17) is 4.74 Å². The van der Waals surface area contributed by atoms with Gasteiger partial charge in [-0.3, -0.25) is 4.68 Å². The quantitative estimate of drug-likeness (QED) is 0.644. The van der Waals surface area contributed by atoms with Gasteiger partial charge in [0.1, 0.15) is 0 Å². The van der Waals surface area contributed by atoms with Crippen LogP contribution in [0.5, 0.6) is 0 Å². The maximum atomic E-state index is 4.99. The van der Waals surface area contributed by atoms with Crippen molar-refractivity contribution in [3.05, 3.63) is 17.5 Å². The van der Waals surface area contributed by atoms with Crippen molar-refractivity contribution < 1.29 is 4.74 Å². The first-order valence-electron chi connectivity index (χ1n) is 6.63. The van der Waals surface area contributed by atoms with E-state index in [0.29, 0.717) is 6.04 Å². The van der Waals surface area contributed by atoms with Crippen LogP contribution in [0.4, 0.5) is 0 Å². The van der Waals surface area contributed by atoms with E-state index in [0.717, 1.165) is 38.5 Å². The Morgan fingerprint density at radius 1 is 1.50 bits per heavy atom. The van der Waals surface area contributed by atoms with E-state index in [1.807, 2.05) is 11.6 Å². The van der Waals surface area contributed by atoms with E-state index in [1.54, 1.807) is 7.11 Å². The van der Waals surface area contributed by atoms with E-state index >= 15 is 0 Å². The molecule has 1 heterocycles. The summed E-state index contributed by atoms with van der Waals surface area (Å²) in [7, 11) is 1.72. The highest BCUT2D eigenvalue weighted by molar-refractivity contribution is 5.08. The molecule has 104 valence electrons. The van der Waals surface area contributed by atoms with Crippen LogP contribution in [-0.4, -0.2) is 42.6 Å². The summed E-state index contributed by atoms with van der Waals surface area (Å²) in [5, 5.41) is 11.3. The molecule has 1 atom stereocenters. The van der Waals surface area contributed by atoms with E-state index in [2.05, 4.69) is 35.6 Å². The van der Waals surface area contributed by atoms with Crippen molar-refractivity contribution >= 4 is 0 Å². The average molecular weight is 254 g/mol. The lowest BCUT2D eigenvalue weighted by molar-refractivity contribution is 0.198. The molecule has 18 heavy (non-hydrogen) atoms. The molecule has 0 spiro atoms. The predicted molar refractivity (Wildman–Crippen MR) is 73.7 cm³/mol. The Bertz CT molecular complexity index is 338. The molecule has 0 fully saturated rings. The van der Waals surface area contributed by atoms with Gasteiger partial charge in [0.25, 0.3) is 0 Å². The third kappa shape index (κ3) is 5.16. The Kier molecular flexibility index (Phi) is 6.93. The van der Waals surface area contributed by atoms with Gasteiger partial charge < -0.3 is 15.4 Å². The molecule has 0 radical (unpaired) electrons. The normalized spacial score (nSPS) is 12.9. The molecule has 0 aromatic carbocycles. The molecular formula is C13H26N4O. The number of aryl methyl sites for hydroxylation is 2. The summed E-state index contributed by atoms with van der Waals surface area (Å²) in [6.45, 7) is 10.7. The second-order valence-corrected chi connectivity index (χ2v) is 4.57. The number of aromatic nitrogens is 2. The zero-order valence-electron chi connectivity index (χ0n) is 12.0. The number of hydrogen-bond acceptors (Lipinski definition) is 4. The molecule has 0 aliphatic rings. The number of ether oxygens (including phenoxy) is 1. The second kappa shape index (κ2) is 8.24. The van der Waals surface area contributed by atoms with Crippen molar-refractivity contribution in [2.24, 2.45) is 0 Å². The molecule has 0 amide bonds. The zero-order valence-corrected chi connectivity index (χ0v) is 12.0. The minimum atomic E-state index is 0.433. The Labute approximate surface area is 110 Å². The lowest BCUT2D eigenvalue weighted by Crippen LogP contribution is -2.37. The van der Waals surface area contributed by atoms with E-state index in [1.165, 1.54) is 5.69 Å². The minimum absolute atomic E-state index is 0.433. The van der Waals surface area contributed by atoms with Crippen molar-refractivity contribution in [1.82, 2.24) is 20.4 Å². The SMILES string of the molecule is CCn1nc(C)cc1CNC(C)CNCCOC. The summed E-state index contributed by atoms with van der Waals surface area (Å²) in [6.07, 6.45) is 0. The van der Waals surface area contributed by atoms with Gasteiger partial charge in [-0.25, -0.2) is 0 Å². The summed E-state index contributed by atoms with van der Waals surface area (Å²) in [6, 6.07) is 2.57. The molecule has 2 N–H and O–H groups in total. The molecule has 0 saturated carbocycles. The summed E-state index contributed by atoms with van der Waals surface area (Å²) >= 11 is 0. The van der Waals surface area contributed by atoms with Gasteiger partial charge in [0.15, 0.2) is 0 Å². The molecule has 1 unspecified atom stereocenters. The standard InChI is InChI=1S/C13H26N4O/c1-5-17-13(8-11(2)16-17)10-15-12(3)9-14-6-7-18-4/h8,12,14-15H,5-7,9-10H2,1-4H3. The first-order chi connectivity index (χ1) is 8.67. The molecule has 0 saturated heterocycles. The Hall–Kier alpha value is -0.910. The van der Waals surface area contributed by atoms with Crippen LogP contribution in [0.1, 0.15) is 25.2 Å². The largest absolute Gasteiger partial charge is 0.383 e. The second-order valence-electron chi connectivity index (χ2n) is 4.57. The van der Waals surface area contributed by atoms with Crippen LogP contribution < -0.4 is 10.6 Å². The van der Waals surface area contributed by atoms with Crippen LogP contribution in [0.15, 0.2) is 6.07 Å². The first-order valence-corrected chi connectivity index (χ1v) is 6.63. The number of hydrogen-bond donors (Lipinski definition) is 2. The number of nitrogens with zero attached hydrogens (tertiary/aromatic N) is 2. The molecule has 0 bridgehead atoms. The minimum Gasteiger partial charge on any atom is -0.383 e. The van der Waals surface area contributed by atoms with Gasteiger partial charge in [-0.1, -0.05) is 0 Å². The lowest BCUT2D eigenvalue weighted by atomic mass is 10.3. The van der Waals surface area contributed by atoms with Gasteiger partial charge >= 0.3 is 0 Å². The van der Waals surface area contributed by atoms with Crippen LogP contribution in [0.25, 0.3) is 0 Å². The van der Waals surface area contributed by atoms with Gasteiger partial charge in [-0.05, 0) is 26.8 Å². The van der Waals surface area contributed by atoms with Crippen molar-refractivity contribution in [3.8, 4) is 0 Å². The van der Waals surface area contributed by atoms with Gasteiger partial charge in [-0.15, -0.1) is 0 Å². The van der Waals surface area contributed by atoms with Crippen LogP contribution in [-0.2, 0) is 17.8 Å². The summed E-state index contributed by atoms with van der Waals surface area (Å²) in [5.41, 5.74) is 2.33. The number of nitrogens with one attached hydrogen (secondary N) is 2. The molecule has 1 aromatic heterocycles. The highest BCUT2D eigenvalue weighted by atomic mass is 16.5. The first kappa shape index (κ1) is 15.1. The van der Waals surface area contributed by atoms with E-state index in [-0.39, 0.29) is 0 Å². The molecule has 1 rings (SSSR count). The topological polar surface area (TPSA) is 51.1 Å². The molecule has 5 nitrogen and oxygen atoms in total. The predicted octanol–water partition coefficient (Wildman–Crippen LogP) is 0.926. The van der Waals surface area contributed by atoms with Crippen LogP contribution in [0.3, 0.4) is 0 Å². The fraction of sp³-hybridized carbons (Fsp3) is 0.769. The zero-order chi connectivity index (χ0) is 13.4. The third-order valence-corrected chi connectivity index (χ3v) is 2.85. The fourth-order valence-electron chi connectivity index (χ4n) is 1.86. The Morgan fingerprint density at radius 3 is 2.94 bits per heavy atom. The van der Waals surface area contributed by atoms with Crippen LogP contribution in [0, 0.1) is 6.92 Å². The third-order valence-electron chi connectivity index (χ3n) is 2.85. The summed E-state index contributed by atoms with van der Waals surface area (Å²) in [5.74, 6) is 0. The summed E-state index contributed by atoms with van der Waals surface area (Å²) < 4.78 is 7.04. The van der Waals surface area contributed by atoms with Gasteiger partial charge in [0.05, 0.1) is 18.0 Å². The Morgan fingerprint density at radius 2 is 2.28 bits per heavy atom. The monoisotopic (exact) mass is 254 g/mol. The maximum absolute atomic E-state index is 4.99.